The maximum absolute atomic E-state index is 5.85. The zero-order valence-corrected chi connectivity index (χ0v) is 11.5. The van der Waals surface area contributed by atoms with E-state index >= 15 is 0 Å². The number of anilines is 1. The van der Waals surface area contributed by atoms with E-state index in [0.717, 1.165) is 51.2 Å². The third kappa shape index (κ3) is 5.04. The average molecular weight is 265 g/mol. The van der Waals surface area contributed by atoms with Gasteiger partial charge in [-0.05, 0) is 38.4 Å². The van der Waals surface area contributed by atoms with Gasteiger partial charge in [-0.15, -0.1) is 0 Å². The Labute approximate surface area is 114 Å². The Bertz CT molecular complexity index is 367. The molecule has 2 rings (SSSR count). The van der Waals surface area contributed by atoms with Crippen LogP contribution in [0.2, 0.25) is 0 Å². The quantitative estimate of drug-likeness (QED) is 0.734. The minimum Gasteiger partial charge on any atom is -0.481 e. The van der Waals surface area contributed by atoms with Gasteiger partial charge in [-0.2, -0.15) is 0 Å². The van der Waals surface area contributed by atoms with Gasteiger partial charge in [0.15, 0.2) is 0 Å². The van der Waals surface area contributed by atoms with E-state index in [4.69, 9.17) is 9.47 Å². The fraction of sp³-hybridized carbons (Fsp3) is 0.643. The second kappa shape index (κ2) is 7.96. The maximum atomic E-state index is 5.85. The summed E-state index contributed by atoms with van der Waals surface area (Å²) in [6.45, 7) is 3.89. The topological polar surface area (TPSA) is 55.4 Å². The van der Waals surface area contributed by atoms with Gasteiger partial charge in [0.25, 0.3) is 0 Å². The average Bonchev–Trinajstić information content (AvgIpc) is 2.48. The Kier molecular flexibility index (Phi) is 5.91. The number of aromatic nitrogens is 1. The number of ether oxygens (including phenoxy) is 2. The normalized spacial score (nSPS) is 16.3. The van der Waals surface area contributed by atoms with E-state index in [9.17, 15) is 0 Å². The van der Waals surface area contributed by atoms with Gasteiger partial charge in [0.2, 0.25) is 5.88 Å². The van der Waals surface area contributed by atoms with Crippen molar-refractivity contribution in [1.29, 1.82) is 0 Å². The van der Waals surface area contributed by atoms with Gasteiger partial charge in [0, 0.05) is 31.1 Å². The van der Waals surface area contributed by atoms with Gasteiger partial charge in [0.05, 0.1) is 13.2 Å². The Morgan fingerprint density at radius 1 is 1.42 bits per heavy atom. The van der Waals surface area contributed by atoms with Gasteiger partial charge in [-0.3, -0.25) is 0 Å². The molecule has 1 saturated heterocycles. The van der Waals surface area contributed by atoms with Crippen LogP contribution in [0.5, 0.6) is 5.88 Å². The van der Waals surface area contributed by atoms with E-state index in [0.29, 0.717) is 12.0 Å². The molecule has 1 aromatic rings. The smallest absolute Gasteiger partial charge is 0.214 e. The molecule has 2 heterocycles. The lowest BCUT2D eigenvalue weighted by Crippen LogP contribution is -2.32. The van der Waals surface area contributed by atoms with Crippen LogP contribution in [0.4, 0.5) is 5.69 Å². The fourth-order valence-electron chi connectivity index (χ4n) is 2.15. The molecule has 5 nitrogen and oxygen atoms in total. The summed E-state index contributed by atoms with van der Waals surface area (Å²) in [5.74, 6) is 0.635. The van der Waals surface area contributed by atoms with Crippen LogP contribution in [-0.4, -0.2) is 44.4 Å². The number of nitrogens with one attached hydrogen (secondary N) is 2. The first-order valence-electron chi connectivity index (χ1n) is 6.95. The predicted molar refractivity (Wildman–Crippen MR) is 75.7 cm³/mol. The van der Waals surface area contributed by atoms with Crippen molar-refractivity contribution < 1.29 is 9.47 Å². The first-order chi connectivity index (χ1) is 9.38. The van der Waals surface area contributed by atoms with Gasteiger partial charge in [-0.25, -0.2) is 4.98 Å². The number of nitrogens with zero attached hydrogens (tertiary/aromatic N) is 1. The summed E-state index contributed by atoms with van der Waals surface area (Å²) in [7, 11) is 1.62. The van der Waals surface area contributed by atoms with E-state index < -0.39 is 0 Å². The monoisotopic (exact) mass is 265 g/mol. The minimum atomic E-state index is 0.447. The Morgan fingerprint density at radius 3 is 3.05 bits per heavy atom. The van der Waals surface area contributed by atoms with Gasteiger partial charge >= 0.3 is 0 Å². The lowest BCUT2D eigenvalue weighted by molar-refractivity contribution is 0.0329. The van der Waals surface area contributed by atoms with Crippen molar-refractivity contribution in [2.45, 2.75) is 25.4 Å². The standard InChI is InChI=1S/C14H23N3O2/c1-18-14-11-12(3-9-17-14)16-6-2-10-19-13-4-7-15-8-5-13/h3,9,11,13,15H,2,4-8,10H2,1H3,(H,16,17). The number of hydrogen-bond acceptors (Lipinski definition) is 5. The molecule has 1 aromatic heterocycles. The molecule has 0 bridgehead atoms. The van der Waals surface area contributed by atoms with Crippen molar-refractivity contribution in [3.8, 4) is 5.88 Å². The van der Waals surface area contributed by atoms with Crippen molar-refractivity contribution in [2.24, 2.45) is 0 Å². The molecule has 2 N–H and O–H groups in total. The minimum absolute atomic E-state index is 0.447. The lowest BCUT2D eigenvalue weighted by atomic mass is 10.1. The summed E-state index contributed by atoms with van der Waals surface area (Å²) in [5.41, 5.74) is 1.04. The summed E-state index contributed by atoms with van der Waals surface area (Å²) in [6, 6.07) is 3.84. The largest absolute Gasteiger partial charge is 0.481 e. The van der Waals surface area contributed by atoms with Crippen LogP contribution in [0.3, 0.4) is 0 Å². The van der Waals surface area contributed by atoms with Crippen molar-refractivity contribution in [1.82, 2.24) is 10.3 Å². The molecule has 19 heavy (non-hydrogen) atoms. The molecule has 0 radical (unpaired) electrons. The second-order valence-corrected chi connectivity index (χ2v) is 4.69. The second-order valence-electron chi connectivity index (χ2n) is 4.69. The lowest BCUT2D eigenvalue weighted by Gasteiger charge is -2.22. The molecule has 1 fully saturated rings. The molecular weight excluding hydrogens is 242 g/mol. The van der Waals surface area contributed by atoms with Crippen LogP contribution in [0.25, 0.3) is 0 Å². The van der Waals surface area contributed by atoms with Gasteiger partial charge < -0.3 is 20.1 Å². The summed E-state index contributed by atoms with van der Waals surface area (Å²) in [5, 5.41) is 6.68. The highest BCUT2D eigenvalue weighted by Crippen LogP contribution is 2.13. The van der Waals surface area contributed by atoms with Crippen LogP contribution in [0, 0.1) is 0 Å². The van der Waals surface area contributed by atoms with Crippen LogP contribution in [-0.2, 0) is 4.74 Å². The Balaban J connectivity index is 1.58. The highest BCUT2D eigenvalue weighted by molar-refractivity contribution is 5.44. The molecule has 5 heteroatoms. The van der Waals surface area contributed by atoms with Crippen molar-refractivity contribution >= 4 is 5.69 Å². The van der Waals surface area contributed by atoms with Gasteiger partial charge in [-0.1, -0.05) is 0 Å². The molecule has 0 unspecified atom stereocenters. The molecule has 0 saturated carbocycles. The number of methoxy groups -OCH3 is 1. The highest BCUT2D eigenvalue weighted by atomic mass is 16.5. The highest BCUT2D eigenvalue weighted by Gasteiger charge is 2.12. The number of hydrogen-bond donors (Lipinski definition) is 2. The zero-order chi connectivity index (χ0) is 13.3. The molecule has 0 aliphatic carbocycles. The predicted octanol–water partition coefficient (Wildman–Crippen LogP) is 1.66. The molecule has 0 amide bonds. The van der Waals surface area contributed by atoms with Crippen molar-refractivity contribution in [3.05, 3.63) is 18.3 Å². The summed E-state index contributed by atoms with van der Waals surface area (Å²) in [6.07, 6.45) is 5.47. The molecule has 0 atom stereocenters. The summed E-state index contributed by atoms with van der Waals surface area (Å²) >= 11 is 0. The van der Waals surface area contributed by atoms with Crippen molar-refractivity contribution in [2.75, 3.05) is 38.7 Å². The van der Waals surface area contributed by atoms with E-state index in [1.54, 1.807) is 13.3 Å². The summed E-state index contributed by atoms with van der Waals surface area (Å²) in [4.78, 5) is 4.07. The molecule has 1 aliphatic heterocycles. The SMILES string of the molecule is COc1cc(NCCCOC2CCNCC2)ccn1. The Morgan fingerprint density at radius 2 is 2.26 bits per heavy atom. The molecule has 0 aromatic carbocycles. The third-order valence-corrected chi connectivity index (χ3v) is 3.23. The number of piperidine rings is 1. The Hall–Kier alpha value is -1.33. The zero-order valence-electron chi connectivity index (χ0n) is 11.5. The fourth-order valence-corrected chi connectivity index (χ4v) is 2.15. The van der Waals surface area contributed by atoms with Crippen LogP contribution in [0.15, 0.2) is 18.3 Å². The van der Waals surface area contributed by atoms with E-state index in [1.165, 1.54) is 0 Å². The van der Waals surface area contributed by atoms with Crippen LogP contribution in [0.1, 0.15) is 19.3 Å². The number of rotatable bonds is 7. The number of pyridine rings is 1. The maximum Gasteiger partial charge on any atom is 0.214 e. The van der Waals surface area contributed by atoms with Gasteiger partial charge in [0.1, 0.15) is 0 Å². The van der Waals surface area contributed by atoms with E-state index in [-0.39, 0.29) is 0 Å². The first kappa shape index (κ1) is 14.1. The van der Waals surface area contributed by atoms with E-state index in [1.807, 2.05) is 12.1 Å². The summed E-state index contributed by atoms with van der Waals surface area (Å²) < 4.78 is 10.9. The third-order valence-electron chi connectivity index (χ3n) is 3.23. The molecular formula is C14H23N3O2. The molecule has 106 valence electrons. The van der Waals surface area contributed by atoms with Crippen molar-refractivity contribution in [3.63, 3.8) is 0 Å². The van der Waals surface area contributed by atoms with E-state index in [2.05, 4.69) is 15.6 Å². The van der Waals surface area contributed by atoms with Crippen LogP contribution < -0.4 is 15.4 Å². The molecule has 0 spiro atoms. The first-order valence-corrected chi connectivity index (χ1v) is 6.95. The molecule has 1 aliphatic rings. The van der Waals surface area contributed by atoms with Crippen LogP contribution >= 0.6 is 0 Å².